The molecular weight excluding hydrogens is 368 g/mol. The number of aromatic amines is 1. The van der Waals surface area contributed by atoms with Gasteiger partial charge in [0.1, 0.15) is 10.5 Å². The van der Waals surface area contributed by atoms with Crippen LogP contribution in [0.3, 0.4) is 0 Å². The Bertz CT molecular complexity index is 1210. The fourth-order valence-corrected chi connectivity index (χ4v) is 3.24. The number of anilines is 2. The molecule has 2 N–H and O–H groups in total. The summed E-state index contributed by atoms with van der Waals surface area (Å²) in [6.45, 7) is 0. The van der Waals surface area contributed by atoms with Crippen LogP contribution in [-0.4, -0.2) is 31.7 Å². The second-order valence-corrected chi connectivity index (χ2v) is 6.47. The average molecular weight is 385 g/mol. The van der Waals surface area contributed by atoms with Crippen LogP contribution in [-0.2, 0) is 14.1 Å². The number of methoxy groups -OCH3 is 1. The van der Waals surface area contributed by atoms with E-state index in [1.807, 2.05) is 37.5 Å². The number of ether oxygens (including phenoxy) is 1. The largest absolute Gasteiger partial charge is 0.494 e. The molecule has 27 heavy (non-hydrogen) atoms. The van der Waals surface area contributed by atoms with E-state index < -0.39 is 0 Å². The van der Waals surface area contributed by atoms with Crippen molar-refractivity contribution in [2.45, 2.75) is 0 Å². The Morgan fingerprint density at radius 3 is 2.74 bits per heavy atom. The highest BCUT2D eigenvalue weighted by Crippen LogP contribution is 2.38. The van der Waals surface area contributed by atoms with Gasteiger partial charge in [0.2, 0.25) is 0 Å². The minimum Gasteiger partial charge on any atom is -0.494 e. The van der Waals surface area contributed by atoms with Crippen LogP contribution in [0.2, 0.25) is 5.15 Å². The van der Waals surface area contributed by atoms with Crippen LogP contribution in [0.25, 0.3) is 22.3 Å². The lowest BCUT2D eigenvalue weighted by Gasteiger charge is -2.14. The Balaban J connectivity index is 1.87. The molecule has 3 heterocycles. The zero-order valence-electron chi connectivity index (χ0n) is 14.9. The summed E-state index contributed by atoms with van der Waals surface area (Å²) in [6.07, 6.45) is 1.87. The first-order valence-corrected chi connectivity index (χ1v) is 8.55. The molecule has 0 aliphatic heterocycles. The molecule has 0 aliphatic carbocycles. The predicted octanol–water partition coefficient (Wildman–Crippen LogP) is 3.07. The van der Waals surface area contributed by atoms with E-state index in [0.29, 0.717) is 28.2 Å². The van der Waals surface area contributed by atoms with E-state index in [-0.39, 0.29) is 10.7 Å². The molecule has 0 radical (unpaired) electrons. The number of hydrogen-bond donors (Lipinski definition) is 2. The van der Waals surface area contributed by atoms with E-state index in [4.69, 9.17) is 16.3 Å². The summed E-state index contributed by atoms with van der Waals surface area (Å²) in [6, 6.07) is 9.21. The number of aromatic nitrogens is 5. The van der Waals surface area contributed by atoms with Gasteiger partial charge in [0, 0.05) is 25.9 Å². The number of fused-ring (bicyclic) bond motifs is 1. The standard InChI is InChI=1S/C18H17ClN6O2/c1-24-8-7-11(22-24)10-5-4-6-12(16(10)27-3)20-13-9-14(19)21-17-15(13)18(26)25(2)23-17/h4-9H,1-3H3,(H2,20,21,23). The van der Waals surface area contributed by atoms with Gasteiger partial charge < -0.3 is 10.1 Å². The number of hydrogen-bond acceptors (Lipinski definition) is 5. The number of halogens is 1. The van der Waals surface area contributed by atoms with Crippen molar-refractivity contribution in [3.63, 3.8) is 0 Å². The monoisotopic (exact) mass is 384 g/mol. The molecule has 0 fully saturated rings. The number of aryl methyl sites for hydroxylation is 2. The summed E-state index contributed by atoms with van der Waals surface area (Å²) in [4.78, 5) is 16.6. The van der Waals surface area contributed by atoms with Crippen LogP contribution >= 0.6 is 11.6 Å². The molecule has 4 aromatic rings. The zero-order chi connectivity index (χ0) is 19.1. The smallest absolute Gasteiger partial charge is 0.277 e. The number of rotatable bonds is 4. The van der Waals surface area contributed by atoms with E-state index >= 15 is 0 Å². The Morgan fingerprint density at radius 2 is 2.04 bits per heavy atom. The molecule has 8 nitrogen and oxygen atoms in total. The first-order valence-electron chi connectivity index (χ1n) is 8.17. The maximum atomic E-state index is 12.5. The van der Waals surface area contributed by atoms with Crippen molar-refractivity contribution in [3.8, 4) is 17.0 Å². The van der Waals surface area contributed by atoms with E-state index in [0.717, 1.165) is 11.3 Å². The number of nitrogens with one attached hydrogen (secondary N) is 2. The average Bonchev–Trinajstić information content (AvgIpc) is 3.18. The van der Waals surface area contributed by atoms with Crippen molar-refractivity contribution in [2.24, 2.45) is 14.1 Å². The fraction of sp³-hybridized carbons (Fsp3) is 0.167. The highest BCUT2D eigenvalue weighted by Gasteiger charge is 2.17. The topological polar surface area (TPSA) is 89.8 Å². The van der Waals surface area contributed by atoms with Gasteiger partial charge in [0.05, 0.1) is 24.2 Å². The normalized spacial score (nSPS) is 11.1. The molecule has 0 saturated heterocycles. The summed E-state index contributed by atoms with van der Waals surface area (Å²) in [5.74, 6) is 0.615. The van der Waals surface area contributed by atoms with Crippen molar-refractivity contribution in [1.82, 2.24) is 24.5 Å². The summed E-state index contributed by atoms with van der Waals surface area (Å²) >= 11 is 6.13. The molecule has 0 unspecified atom stereocenters. The Labute approximate surface area is 159 Å². The van der Waals surface area contributed by atoms with Crippen molar-refractivity contribution in [2.75, 3.05) is 12.4 Å². The zero-order valence-corrected chi connectivity index (χ0v) is 15.7. The lowest BCUT2D eigenvalue weighted by molar-refractivity contribution is 0.418. The molecule has 3 aromatic heterocycles. The Kier molecular flexibility index (Phi) is 4.12. The second-order valence-electron chi connectivity index (χ2n) is 6.08. The van der Waals surface area contributed by atoms with Crippen molar-refractivity contribution >= 4 is 34.0 Å². The summed E-state index contributed by atoms with van der Waals surface area (Å²) in [5.41, 5.74) is 3.07. The highest BCUT2D eigenvalue weighted by molar-refractivity contribution is 6.30. The molecule has 0 bridgehead atoms. The first kappa shape index (κ1) is 17.2. The molecule has 4 rings (SSSR count). The van der Waals surface area contributed by atoms with Gasteiger partial charge >= 0.3 is 0 Å². The Hall–Kier alpha value is -3.26. The van der Waals surface area contributed by atoms with Gasteiger partial charge in [-0.3, -0.25) is 19.3 Å². The Morgan fingerprint density at radius 1 is 1.22 bits per heavy atom. The van der Waals surface area contributed by atoms with Crippen LogP contribution < -0.4 is 15.6 Å². The predicted molar refractivity (Wildman–Crippen MR) is 105 cm³/mol. The van der Waals surface area contributed by atoms with Crippen molar-refractivity contribution in [1.29, 1.82) is 0 Å². The number of nitrogens with zero attached hydrogens (tertiary/aromatic N) is 4. The van der Waals surface area contributed by atoms with E-state index in [2.05, 4.69) is 20.5 Å². The lowest BCUT2D eigenvalue weighted by atomic mass is 10.1. The van der Waals surface area contributed by atoms with Gasteiger partial charge in [-0.15, -0.1) is 0 Å². The minimum atomic E-state index is -0.198. The second kappa shape index (κ2) is 6.48. The van der Waals surface area contributed by atoms with Gasteiger partial charge in [-0.25, -0.2) is 4.98 Å². The number of pyridine rings is 1. The molecule has 0 saturated carbocycles. The fourth-order valence-electron chi connectivity index (χ4n) is 3.05. The van der Waals surface area contributed by atoms with Gasteiger partial charge in [-0.2, -0.15) is 5.10 Å². The third-order valence-electron chi connectivity index (χ3n) is 4.26. The van der Waals surface area contributed by atoms with E-state index in [1.165, 1.54) is 4.68 Å². The molecule has 0 atom stereocenters. The van der Waals surface area contributed by atoms with Crippen molar-refractivity contribution in [3.05, 3.63) is 52.0 Å². The van der Waals surface area contributed by atoms with Gasteiger partial charge in [-0.1, -0.05) is 17.7 Å². The molecule has 0 aliphatic rings. The van der Waals surface area contributed by atoms with Crippen LogP contribution in [0.15, 0.2) is 41.3 Å². The number of benzene rings is 1. The molecule has 1 aromatic carbocycles. The molecule has 138 valence electrons. The lowest BCUT2D eigenvalue weighted by Crippen LogP contribution is -2.12. The molecular formula is C18H17ClN6O2. The summed E-state index contributed by atoms with van der Waals surface area (Å²) < 4.78 is 8.73. The van der Waals surface area contributed by atoms with Crippen LogP contribution in [0.5, 0.6) is 5.75 Å². The van der Waals surface area contributed by atoms with Gasteiger partial charge in [0.15, 0.2) is 11.4 Å². The van der Waals surface area contributed by atoms with Crippen LogP contribution in [0.4, 0.5) is 11.4 Å². The SMILES string of the molecule is COc1c(Nc2cc(Cl)nc3[nH]n(C)c(=O)c23)cccc1-c1ccn(C)n1. The van der Waals surface area contributed by atoms with Crippen LogP contribution in [0.1, 0.15) is 0 Å². The molecule has 0 amide bonds. The maximum Gasteiger partial charge on any atom is 0.277 e. The third-order valence-corrected chi connectivity index (χ3v) is 4.45. The molecule has 0 spiro atoms. The maximum absolute atomic E-state index is 12.5. The van der Waals surface area contributed by atoms with Crippen LogP contribution in [0, 0.1) is 0 Å². The number of para-hydroxylation sites is 1. The third kappa shape index (κ3) is 2.93. The highest BCUT2D eigenvalue weighted by atomic mass is 35.5. The first-order chi connectivity index (χ1) is 13.0. The van der Waals surface area contributed by atoms with Crippen molar-refractivity contribution < 1.29 is 4.74 Å². The van der Waals surface area contributed by atoms with E-state index in [9.17, 15) is 4.79 Å². The summed E-state index contributed by atoms with van der Waals surface area (Å²) in [5, 5.41) is 11.3. The number of H-pyrrole nitrogens is 1. The quantitative estimate of drug-likeness (QED) is 0.528. The van der Waals surface area contributed by atoms with Gasteiger partial charge in [0.25, 0.3) is 5.56 Å². The molecule has 9 heteroatoms. The van der Waals surface area contributed by atoms with E-state index in [1.54, 1.807) is 24.9 Å². The summed E-state index contributed by atoms with van der Waals surface area (Å²) in [7, 11) is 5.08. The minimum absolute atomic E-state index is 0.198. The van der Waals surface area contributed by atoms with Gasteiger partial charge in [-0.05, 0) is 24.3 Å².